The number of pyridine rings is 1. The van der Waals surface area contributed by atoms with Crippen molar-refractivity contribution in [1.82, 2.24) is 20.6 Å². The van der Waals surface area contributed by atoms with Crippen molar-refractivity contribution in [2.75, 3.05) is 20.8 Å². The van der Waals surface area contributed by atoms with Crippen molar-refractivity contribution in [2.45, 2.75) is 13.5 Å². The number of nitrogens with zero attached hydrogens (tertiary/aromatic N) is 4. The molecule has 0 radical (unpaired) electrons. The van der Waals surface area contributed by atoms with Crippen LogP contribution in [0.1, 0.15) is 17.0 Å². The predicted molar refractivity (Wildman–Crippen MR) is 107 cm³/mol. The van der Waals surface area contributed by atoms with Crippen LogP contribution in [0.3, 0.4) is 0 Å². The highest BCUT2D eigenvalue weighted by molar-refractivity contribution is 6.32. The number of hydroxylamine groups is 1. The predicted octanol–water partition coefficient (Wildman–Crippen LogP) is 3.17. The lowest BCUT2D eigenvalue weighted by Gasteiger charge is -2.13. The molecule has 1 N–H and O–H groups in total. The summed E-state index contributed by atoms with van der Waals surface area (Å²) in [6.45, 7) is 2.18. The molecule has 0 aliphatic carbocycles. The number of oxime groups is 1. The zero-order valence-electron chi connectivity index (χ0n) is 16.2. The fourth-order valence-electron chi connectivity index (χ4n) is 2.54. The number of aryl methyl sites for hydroxylation is 1. The van der Waals surface area contributed by atoms with Crippen LogP contribution in [0.4, 0.5) is 0 Å². The van der Waals surface area contributed by atoms with Gasteiger partial charge in [0, 0.05) is 18.8 Å². The molecular weight excluding hydrogens is 398 g/mol. The molecule has 10 heteroatoms. The summed E-state index contributed by atoms with van der Waals surface area (Å²) in [5, 5.41) is 8.14. The van der Waals surface area contributed by atoms with Crippen LogP contribution in [0.2, 0.25) is 5.02 Å². The molecule has 2 aromatic heterocycles. The van der Waals surface area contributed by atoms with Gasteiger partial charge in [0.05, 0.1) is 5.56 Å². The lowest BCUT2D eigenvalue weighted by molar-refractivity contribution is 0.0866. The lowest BCUT2D eigenvalue weighted by atomic mass is 10.0. The second-order valence-corrected chi connectivity index (χ2v) is 6.22. The topological polar surface area (TPSA) is 104 Å². The second-order valence-electron chi connectivity index (χ2n) is 5.82. The monoisotopic (exact) mass is 417 g/mol. The fourth-order valence-corrected chi connectivity index (χ4v) is 2.76. The number of nitrogens with one attached hydrogen (secondary N) is 1. The van der Waals surface area contributed by atoms with Gasteiger partial charge in [-0.25, -0.2) is 10.5 Å². The SMILES string of the molecule is CNOCC(=NOC)c1ccccc1COc1ncc(-c2nc(C)no2)cc1Cl. The van der Waals surface area contributed by atoms with Crippen molar-refractivity contribution in [3.8, 4) is 17.3 Å². The summed E-state index contributed by atoms with van der Waals surface area (Å²) in [5.41, 5.74) is 5.55. The summed E-state index contributed by atoms with van der Waals surface area (Å²) < 4.78 is 11.0. The van der Waals surface area contributed by atoms with E-state index in [1.165, 1.54) is 7.11 Å². The van der Waals surface area contributed by atoms with E-state index in [0.717, 1.165) is 11.1 Å². The van der Waals surface area contributed by atoms with Gasteiger partial charge < -0.3 is 14.1 Å². The van der Waals surface area contributed by atoms with Crippen molar-refractivity contribution in [3.05, 3.63) is 58.5 Å². The van der Waals surface area contributed by atoms with Crippen LogP contribution in [0.15, 0.2) is 46.2 Å². The van der Waals surface area contributed by atoms with Crippen LogP contribution < -0.4 is 10.2 Å². The molecule has 0 saturated heterocycles. The number of hydrogen-bond acceptors (Lipinski definition) is 9. The minimum absolute atomic E-state index is 0.221. The number of ether oxygens (including phenoxy) is 1. The molecule has 0 aliphatic rings. The van der Waals surface area contributed by atoms with Crippen molar-refractivity contribution in [2.24, 2.45) is 5.16 Å². The van der Waals surface area contributed by atoms with E-state index >= 15 is 0 Å². The molecule has 2 heterocycles. The van der Waals surface area contributed by atoms with Crippen molar-refractivity contribution in [1.29, 1.82) is 0 Å². The summed E-state index contributed by atoms with van der Waals surface area (Å²) in [5.74, 6) is 1.17. The Hall–Kier alpha value is -3.01. The van der Waals surface area contributed by atoms with Crippen LogP contribution in [-0.4, -0.2) is 41.6 Å². The molecule has 152 valence electrons. The Morgan fingerprint density at radius 2 is 2.14 bits per heavy atom. The lowest BCUT2D eigenvalue weighted by Crippen LogP contribution is -2.19. The van der Waals surface area contributed by atoms with Crippen LogP contribution >= 0.6 is 11.6 Å². The van der Waals surface area contributed by atoms with Gasteiger partial charge in [-0.2, -0.15) is 4.98 Å². The Kier molecular flexibility index (Phi) is 7.12. The molecule has 3 rings (SSSR count). The summed E-state index contributed by atoms with van der Waals surface area (Å²) in [4.78, 5) is 18.6. The zero-order valence-corrected chi connectivity index (χ0v) is 16.9. The van der Waals surface area contributed by atoms with Gasteiger partial charge in [-0.05, 0) is 18.6 Å². The van der Waals surface area contributed by atoms with Gasteiger partial charge in [0.1, 0.15) is 31.1 Å². The summed E-state index contributed by atoms with van der Waals surface area (Å²) in [6.07, 6.45) is 1.57. The van der Waals surface area contributed by atoms with Gasteiger partial charge in [0.15, 0.2) is 5.82 Å². The van der Waals surface area contributed by atoms with E-state index in [1.54, 1.807) is 26.2 Å². The average Bonchev–Trinajstić information content (AvgIpc) is 3.17. The summed E-state index contributed by atoms with van der Waals surface area (Å²) >= 11 is 6.32. The third-order valence-electron chi connectivity index (χ3n) is 3.83. The molecule has 0 spiro atoms. The van der Waals surface area contributed by atoms with Gasteiger partial charge in [0.25, 0.3) is 5.89 Å². The summed E-state index contributed by atoms with van der Waals surface area (Å²) in [6, 6.07) is 9.30. The largest absolute Gasteiger partial charge is 0.472 e. The average molecular weight is 418 g/mol. The van der Waals surface area contributed by atoms with Gasteiger partial charge >= 0.3 is 0 Å². The third kappa shape index (κ3) is 5.29. The number of hydrogen-bond donors (Lipinski definition) is 1. The van der Waals surface area contributed by atoms with Gasteiger partial charge in [-0.15, -0.1) is 0 Å². The molecule has 29 heavy (non-hydrogen) atoms. The highest BCUT2D eigenvalue weighted by atomic mass is 35.5. The van der Waals surface area contributed by atoms with Crippen LogP contribution in [0, 0.1) is 6.92 Å². The molecule has 0 bridgehead atoms. The molecule has 0 unspecified atom stereocenters. The Morgan fingerprint density at radius 3 is 2.83 bits per heavy atom. The molecule has 0 amide bonds. The number of halogens is 1. The third-order valence-corrected chi connectivity index (χ3v) is 4.10. The molecule has 0 saturated carbocycles. The Balaban J connectivity index is 1.77. The molecular formula is C19H20ClN5O4. The Morgan fingerprint density at radius 1 is 1.31 bits per heavy atom. The van der Waals surface area contributed by atoms with Crippen LogP contribution in [-0.2, 0) is 16.3 Å². The maximum Gasteiger partial charge on any atom is 0.259 e. The number of benzene rings is 1. The van der Waals surface area contributed by atoms with E-state index in [-0.39, 0.29) is 19.1 Å². The molecule has 3 aromatic rings. The van der Waals surface area contributed by atoms with Crippen LogP contribution in [0.25, 0.3) is 11.5 Å². The first-order valence-electron chi connectivity index (χ1n) is 8.68. The van der Waals surface area contributed by atoms with E-state index in [2.05, 4.69) is 25.8 Å². The molecule has 9 nitrogen and oxygen atoms in total. The van der Waals surface area contributed by atoms with Crippen molar-refractivity contribution in [3.63, 3.8) is 0 Å². The molecule has 1 aromatic carbocycles. The standard InChI is InChI=1S/C19H20ClN5O4/c1-12-23-18(29-24-12)14-8-16(20)19(22-9-14)27-10-13-6-4-5-7-15(13)17(25-26-3)11-28-21-2/h4-9,21H,10-11H2,1-3H3. The van der Waals surface area contributed by atoms with E-state index in [9.17, 15) is 0 Å². The molecule has 0 fully saturated rings. The Bertz CT molecular complexity index is 992. The Labute approximate surface area is 172 Å². The first kappa shape index (κ1) is 20.7. The maximum atomic E-state index is 6.32. The normalized spacial score (nSPS) is 11.5. The van der Waals surface area contributed by atoms with E-state index in [0.29, 0.717) is 28.0 Å². The van der Waals surface area contributed by atoms with Gasteiger partial charge in [0.2, 0.25) is 5.88 Å². The number of aromatic nitrogens is 3. The zero-order chi connectivity index (χ0) is 20.6. The highest BCUT2D eigenvalue weighted by Crippen LogP contribution is 2.28. The first-order valence-corrected chi connectivity index (χ1v) is 9.06. The molecule has 0 atom stereocenters. The fraction of sp³-hybridized carbons (Fsp3) is 0.263. The second kappa shape index (κ2) is 9.97. The van der Waals surface area contributed by atoms with Crippen molar-refractivity contribution >= 4 is 17.3 Å². The van der Waals surface area contributed by atoms with Crippen LogP contribution in [0.5, 0.6) is 5.88 Å². The molecule has 0 aliphatic heterocycles. The van der Waals surface area contributed by atoms with E-state index in [4.69, 9.17) is 30.5 Å². The highest BCUT2D eigenvalue weighted by Gasteiger charge is 2.14. The van der Waals surface area contributed by atoms with Crippen molar-refractivity contribution < 1.29 is 18.9 Å². The minimum Gasteiger partial charge on any atom is -0.472 e. The quantitative estimate of drug-likeness (QED) is 0.418. The smallest absolute Gasteiger partial charge is 0.259 e. The van der Waals surface area contributed by atoms with Gasteiger partial charge in [-0.3, -0.25) is 4.84 Å². The van der Waals surface area contributed by atoms with E-state index < -0.39 is 0 Å². The summed E-state index contributed by atoms with van der Waals surface area (Å²) in [7, 11) is 3.15. The van der Waals surface area contributed by atoms with Gasteiger partial charge in [-0.1, -0.05) is 46.2 Å². The minimum atomic E-state index is 0.221. The number of rotatable bonds is 9. The maximum absolute atomic E-state index is 6.32. The first-order chi connectivity index (χ1) is 14.1. The van der Waals surface area contributed by atoms with E-state index in [1.807, 2.05) is 24.3 Å².